The second-order valence-corrected chi connectivity index (χ2v) is 7.96. The molecule has 0 bridgehead atoms. The summed E-state index contributed by atoms with van der Waals surface area (Å²) in [6.07, 6.45) is 1.04. The normalized spacial score (nSPS) is 17.4. The highest BCUT2D eigenvalue weighted by atomic mass is 32.1. The van der Waals surface area contributed by atoms with E-state index in [9.17, 15) is 18.4 Å². The quantitative estimate of drug-likeness (QED) is 0.741. The Bertz CT molecular complexity index is 829. The van der Waals surface area contributed by atoms with Crippen molar-refractivity contribution in [1.29, 1.82) is 0 Å². The molecule has 1 aliphatic heterocycles. The van der Waals surface area contributed by atoms with Crippen LogP contribution in [0.5, 0.6) is 0 Å². The van der Waals surface area contributed by atoms with Crippen LogP contribution in [0, 0.1) is 17.6 Å². The van der Waals surface area contributed by atoms with Crippen molar-refractivity contribution in [3.63, 3.8) is 0 Å². The van der Waals surface area contributed by atoms with Crippen LogP contribution in [-0.4, -0.2) is 31.4 Å². The molecule has 5 nitrogen and oxygen atoms in total. The van der Waals surface area contributed by atoms with Crippen molar-refractivity contribution in [1.82, 2.24) is 10.6 Å². The van der Waals surface area contributed by atoms with Crippen LogP contribution < -0.4 is 15.5 Å². The third-order valence-electron chi connectivity index (χ3n) is 4.80. The molecule has 2 N–H and O–H groups in total. The number of benzene rings is 1. The predicted octanol–water partition coefficient (Wildman–Crippen LogP) is 3.24. The standard InChI is InChI=1S/C20H23F2N3O2S/c1-13(26)24-18(19-3-2-8-28-19)10-20(27)23-11-14-6-7-25(12-14)15-4-5-16(21)17(22)9-15/h2-5,8-9,14,18H,6-7,10-12H2,1H3,(H,23,27)(H,24,26). The van der Waals surface area contributed by atoms with Crippen molar-refractivity contribution in [2.75, 3.05) is 24.5 Å². The van der Waals surface area contributed by atoms with E-state index < -0.39 is 11.6 Å². The van der Waals surface area contributed by atoms with Crippen LogP contribution in [0.4, 0.5) is 14.5 Å². The average molecular weight is 407 g/mol. The summed E-state index contributed by atoms with van der Waals surface area (Å²) in [5.74, 6) is -1.78. The summed E-state index contributed by atoms with van der Waals surface area (Å²) >= 11 is 1.50. The fourth-order valence-electron chi connectivity index (χ4n) is 3.39. The first-order valence-corrected chi connectivity index (χ1v) is 10.1. The number of halogens is 2. The first-order valence-electron chi connectivity index (χ1n) is 9.19. The minimum Gasteiger partial charge on any atom is -0.371 e. The van der Waals surface area contributed by atoms with Crippen molar-refractivity contribution >= 4 is 28.8 Å². The van der Waals surface area contributed by atoms with Gasteiger partial charge in [0.15, 0.2) is 11.6 Å². The van der Waals surface area contributed by atoms with E-state index in [1.54, 1.807) is 6.07 Å². The van der Waals surface area contributed by atoms with E-state index in [1.807, 2.05) is 22.4 Å². The van der Waals surface area contributed by atoms with Crippen LogP contribution in [0.1, 0.15) is 30.7 Å². The van der Waals surface area contributed by atoms with E-state index in [0.717, 1.165) is 23.9 Å². The zero-order valence-electron chi connectivity index (χ0n) is 15.6. The summed E-state index contributed by atoms with van der Waals surface area (Å²) in [6, 6.07) is 7.35. The third-order valence-corrected chi connectivity index (χ3v) is 5.78. The van der Waals surface area contributed by atoms with Gasteiger partial charge in [-0.1, -0.05) is 6.07 Å². The Morgan fingerprint density at radius 3 is 2.79 bits per heavy atom. The maximum absolute atomic E-state index is 13.4. The molecular weight excluding hydrogens is 384 g/mol. The minimum atomic E-state index is -0.855. The number of amides is 2. The van der Waals surface area contributed by atoms with Gasteiger partial charge in [-0.25, -0.2) is 8.78 Å². The smallest absolute Gasteiger partial charge is 0.222 e. The number of hydrogen-bond acceptors (Lipinski definition) is 4. The lowest BCUT2D eigenvalue weighted by Gasteiger charge is -2.20. The van der Waals surface area contributed by atoms with Gasteiger partial charge in [-0.05, 0) is 35.9 Å². The molecule has 0 saturated carbocycles. The summed E-state index contributed by atoms with van der Waals surface area (Å²) in [6.45, 7) is 3.35. The Morgan fingerprint density at radius 1 is 1.29 bits per heavy atom. The molecule has 0 spiro atoms. The molecule has 2 aromatic rings. The number of carbonyl (C=O) groups is 2. The zero-order chi connectivity index (χ0) is 20.1. The molecule has 2 amide bonds. The van der Waals surface area contributed by atoms with Gasteiger partial charge in [0, 0.05) is 43.2 Å². The van der Waals surface area contributed by atoms with Crippen molar-refractivity contribution < 1.29 is 18.4 Å². The molecule has 150 valence electrons. The van der Waals surface area contributed by atoms with Crippen LogP contribution in [-0.2, 0) is 9.59 Å². The molecule has 0 aliphatic carbocycles. The summed E-state index contributed by atoms with van der Waals surface area (Å²) in [5.41, 5.74) is 0.649. The van der Waals surface area contributed by atoms with Crippen molar-refractivity contribution in [2.24, 2.45) is 5.92 Å². The number of anilines is 1. The summed E-state index contributed by atoms with van der Waals surface area (Å²) in [4.78, 5) is 26.7. The SMILES string of the molecule is CC(=O)NC(CC(=O)NCC1CCN(c2ccc(F)c(F)c2)C1)c1cccs1. The van der Waals surface area contributed by atoms with E-state index in [-0.39, 0.29) is 30.2 Å². The average Bonchev–Trinajstić information content (AvgIpc) is 3.33. The van der Waals surface area contributed by atoms with Crippen molar-refractivity contribution in [2.45, 2.75) is 25.8 Å². The first-order chi connectivity index (χ1) is 13.4. The van der Waals surface area contributed by atoms with Gasteiger partial charge in [0.2, 0.25) is 11.8 Å². The Labute approximate surface area is 166 Å². The fourth-order valence-corrected chi connectivity index (χ4v) is 4.17. The second kappa shape index (κ2) is 9.14. The second-order valence-electron chi connectivity index (χ2n) is 6.98. The highest BCUT2D eigenvalue weighted by molar-refractivity contribution is 7.10. The van der Waals surface area contributed by atoms with Crippen LogP contribution >= 0.6 is 11.3 Å². The highest BCUT2D eigenvalue weighted by Crippen LogP contribution is 2.25. The van der Waals surface area contributed by atoms with Gasteiger partial charge in [0.1, 0.15) is 0 Å². The number of rotatable bonds is 7. The lowest BCUT2D eigenvalue weighted by Crippen LogP contribution is -2.35. The summed E-state index contributed by atoms with van der Waals surface area (Å²) in [7, 11) is 0. The molecule has 3 rings (SSSR count). The molecule has 2 unspecified atom stereocenters. The van der Waals surface area contributed by atoms with Crippen LogP contribution in [0.3, 0.4) is 0 Å². The molecule has 1 aliphatic rings. The topological polar surface area (TPSA) is 61.4 Å². The van der Waals surface area contributed by atoms with E-state index in [4.69, 9.17) is 0 Å². The van der Waals surface area contributed by atoms with E-state index in [1.165, 1.54) is 24.3 Å². The van der Waals surface area contributed by atoms with Gasteiger partial charge >= 0.3 is 0 Å². The van der Waals surface area contributed by atoms with Gasteiger partial charge < -0.3 is 15.5 Å². The number of nitrogens with one attached hydrogen (secondary N) is 2. The molecular formula is C20H23F2N3O2S. The molecule has 0 radical (unpaired) electrons. The monoisotopic (exact) mass is 407 g/mol. The first kappa shape index (κ1) is 20.3. The molecule has 1 fully saturated rings. The molecule has 2 heterocycles. The molecule has 1 saturated heterocycles. The molecule has 2 atom stereocenters. The van der Waals surface area contributed by atoms with Gasteiger partial charge in [0.25, 0.3) is 0 Å². The molecule has 1 aromatic heterocycles. The number of thiophene rings is 1. The van der Waals surface area contributed by atoms with Crippen molar-refractivity contribution in [3.8, 4) is 0 Å². The van der Waals surface area contributed by atoms with Crippen LogP contribution in [0.25, 0.3) is 0 Å². The summed E-state index contributed by atoms with van der Waals surface area (Å²) < 4.78 is 26.5. The fraction of sp³-hybridized carbons (Fsp3) is 0.400. The Hall–Kier alpha value is -2.48. The Kier molecular flexibility index (Phi) is 6.61. The van der Waals surface area contributed by atoms with E-state index >= 15 is 0 Å². The Morgan fingerprint density at radius 2 is 2.11 bits per heavy atom. The predicted molar refractivity (Wildman–Crippen MR) is 105 cm³/mol. The maximum atomic E-state index is 13.4. The third kappa shape index (κ3) is 5.28. The lowest BCUT2D eigenvalue weighted by molar-refractivity contribution is -0.122. The van der Waals surface area contributed by atoms with Crippen LogP contribution in [0.15, 0.2) is 35.7 Å². The number of nitrogens with zero attached hydrogens (tertiary/aromatic N) is 1. The number of carbonyl (C=O) groups excluding carboxylic acids is 2. The van der Waals surface area contributed by atoms with Crippen LogP contribution in [0.2, 0.25) is 0 Å². The van der Waals surface area contributed by atoms with Crippen molar-refractivity contribution in [3.05, 3.63) is 52.2 Å². The van der Waals surface area contributed by atoms with Gasteiger partial charge in [0.05, 0.1) is 12.5 Å². The Balaban J connectivity index is 1.49. The number of hydrogen-bond donors (Lipinski definition) is 2. The van der Waals surface area contributed by atoms with Gasteiger partial charge in [-0.3, -0.25) is 9.59 Å². The zero-order valence-corrected chi connectivity index (χ0v) is 16.4. The van der Waals surface area contributed by atoms with Gasteiger partial charge in [-0.15, -0.1) is 11.3 Å². The van der Waals surface area contributed by atoms with Gasteiger partial charge in [-0.2, -0.15) is 0 Å². The minimum absolute atomic E-state index is 0.126. The highest BCUT2D eigenvalue weighted by Gasteiger charge is 2.25. The lowest BCUT2D eigenvalue weighted by atomic mass is 10.1. The molecule has 8 heteroatoms. The molecule has 28 heavy (non-hydrogen) atoms. The largest absolute Gasteiger partial charge is 0.371 e. The maximum Gasteiger partial charge on any atom is 0.222 e. The summed E-state index contributed by atoms with van der Waals surface area (Å²) in [5, 5.41) is 7.66. The molecule has 1 aromatic carbocycles. The van der Waals surface area contributed by atoms with E-state index in [2.05, 4.69) is 10.6 Å². The van der Waals surface area contributed by atoms with E-state index in [0.29, 0.717) is 18.8 Å².